The van der Waals surface area contributed by atoms with E-state index in [1.165, 1.54) is 19.2 Å². The molecule has 3 fully saturated rings. The van der Waals surface area contributed by atoms with Gasteiger partial charge in [0, 0.05) is 29.9 Å². The van der Waals surface area contributed by atoms with Crippen molar-refractivity contribution >= 4 is 39.3 Å². The van der Waals surface area contributed by atoms with Crippen LogP contribution >= 0.6 is 11.8 Å². The number of aromatic hydroxyl groups is 1. The smallest absolute Gasteiger partial charge is 0.318 e. The summed E-state index contributed by atoms with van der Waals surface area (Å²) in [5, 5.41) is 15.9. The fraction of sp³-hybridized carbons (Fsp3) is 0.357. The number of ether oxygens (including phenoxy) is 1. The quantitative estimate of drug-likeness (QED) is 0.356. The van der Waals surface area contributed by atoms with Crippen molar-refractivity contribution in [3.05, 3.63) is 54.1 Å². The van der Waals surface area contributed by atoms with Crippen LogP contribution in [0, 0.1) is 17.0 Å². The lowest BCUT2D eigenvalue weighted by Gasteiger charge is -2.41. The number of hydrogen-bond donors (Lipinski definition) is 2. The number of phenols is 1. The number of hydrogen-bond acceptors (Lipinski definition) is 7. The van der Waals surface area contributed by atoms with E-state index in [0.29, 0.717) is 35.1 Å². The number of benzene rings is 3. The van der Waals surface area contributed by atoms with Gasteiger partial charge in [0.15, 0.2) is 5.82 Å². The van der Waals surface area contributed by atoms with Gasteiger partial charge in [0.1, 0.15) is 22.9 Å². The number of nitrogens with one attached hydrogen (secondary N) is 1. The average Bonchev–Trinajstić information content (AvgIpc) is 3.14. The van der Waals surface area contributed by atoms with Crippen molar-refractivity contribution in [1.82, 2.24) is 15.3 Å². The summed E-state index contributed by atoms with van der Waals surface area (Å²) < 4.78 is 37.5. The summed E-state index contributed by atoms with van der Waals surface area (Å²) in [7, 11) is 1.44. The van der Waals surface area contributed by atoms with Gasteiger partial charge in [0.05, 0.1) is 18.0 Å². The summed E-state index contributed by atoms with van der Waals surface area (Å²) in [6, 6.07) is 11.7. The van der Waals surface area contributed by atoms with Gasteiger partial charge < -0.3 is 20.1 Å². The van der Waals surface area contributed by atoms with E-state index < -0.39 is 11.6 Å². The first-order valence-corrected chi connectivity index (χ1v) is 13.6. The van der Waals surface area contributed by atoms with Gasteiger partial charge >= 0.3 is 6.01 Å². The highest BCUT2D eigenvalue weighted by Crippen LogP contribution is 2.44. The van der Waals surface area contributed by atoms with E-state index in [1.807, 2.05) is 6.07 Å². The molecule has 0 aliphatic carbocycles. The molecular weight excluding hydrogens is 494 g/mol. The maximum atomic E-state index is 16.3. The van der Waals surface area contributed by atoms with E-state index >= 15 is 8.78 Å². The molecule has 3 atom stereocenters. The number of fused-ring (bicyclic) bond motifs is 6. The molecule has 4 heterocycles. The topological polar surface area (TPSA) is 70.5 Å². The molecule has 0 spiro atoms. The number of rotatable bonds is 4. The minimum absolute atomic E-state index is 0.0122. The van der Waals surface area contributed by atoms with E-state index in [9.17, 15) is 5.11 Å². The maximum absolute atomic E-state index is 16.3. The first-order valence-electron chi connectivity index (χ1n) is 12.3. The molecule has 192 valence electrons. The molecule has 4 aromatic rings. The monoisotopic (exact) mass is 522 g/mol. The Morgan fingerprint density at radius 1 is 1.16 bits per heavy atom. The molecule has 2 bridgehead atoms. The van der Waals surface area contributed by atoms with E-state index in [4.69, 9.17) is 4.74 Å². The minimum atomic E-state index is -0.808. The summed E-state index contributed by atoms with van der Waals surface area (Å²) in [6.07, 6.45) is 4.19. The van der Waals surface area contributed by atoms with Crippen molar-refractivity contribution < 1.29 is 18.6 Å². The molecular formula is C28H28F2N4O2S. The van der Waals surface area contributed by atoms with Gasteiger partial charge in [-0.3, -0.25) is 0 Å². The van der Waals surface area contributed by atoms with Crippen LogP contribution in [0.2, 0.25) is 0 Å². The molecule has 2 N–H and O–H groups in total. The van der Waals surface area contributed by atoms with Crippen molar-refractivity contribution in [2.45, 2.75) is 31.2 Å². The van der Waals surface area contributed by atoms with Crippen LogP contribution in [0.5, 0.6) is 11.8 Å². The average molecular weight is 523 g/mol. The molecule has 3 unspecified atom stereocenters. The highest BCUT2D eigenvalue weighted by molar-refractivity contribution is 7.99. The van der Waals surface area contributed by atoms with Gasteiger partial charge in [-0.25, -0.2) is 8.78 Å². The Bertz CT molecular complexity index is 1530. The van der Waals surface area contributed by atoms with E-state index in [1.54, 1.807) is 36.0 Å². The van der Waals surface area contributed by atoms with Gasteiger partial charge in [-0.1, -0.05) is 31.2 Å². The first-order chi connectivity index (χ1) is 17.8. The Morgan fingerprint density at radius 2 is 1.97 bits per heavy atom. The first kappa shape index (κ1) is 24.2. The standard InChI is InChI=1S/C28H28F2N4O2S/c1-28-9-8-16(31-26(28)37-3)13-34(14-28)25-20-12-21(29)22(23(30)24(20)32-27(33-25)36-2)19-11-17(35)10-15-6-4-5-7-18(15)19/h4-7,10-12,16,26,31,35H,8-9,13-14H2,1-3H3. The van der Waals surface area contributed by atoms with Crippen molar-refractivity contribution in [2.24, 2.45) is 5.41 Å². The Morgan fingerprint density at radius 3 is 2.76 bits per heavy atom. The fourth-order valence-electron chi connectivity index (χ4n) is 5.96. The molecule has 3 aromatic carbocycles. The van der Waals surface area contributed by atoms with E-state index in [2.05, 4.69) is 33.4 Å². The van der Waals surface area contributed by atoms with Crippen LogP contribution in [-0.2, 0) is 0 Å². The number of phenolic OH excluding ortho intramolecular Hbond substituents is 1. The van der Waals surface area contributed by atoms with Crippen LogP contribution in [0.15, 0.2) is 42.5 Å². The summed E-state index contributed by atoms with van der Waals surface area (Å²) >= 11 is 1.80. The third-order valence-corrected chi connectivity index (χ3v) is 8.93. The molecule has 1 aromatic heterocycles. The Kier molecular flexibility index (Phi) is 5.88. The maximum Gasteiger partial charge on any atom is 0.318 e. The molecule has 6 nitrogen and oxygen atoms in total. The zero-order chi connectivity index (χ0) is 25.9. The Hall–Kier alpha value is -3.17. The third-order valence-electron chi connectivity index (χ3n) is 7.75. The molecule has 3 saturated heterocycles. The van der Waals surface area contributed by atoms with Crippen molar-refractivity contribution in [3.63, 3.8) is 0 Å². The number of halogens is 2. The van der Waals surface area contributed by atoms with Gasteiger partial charge in [-0.2, -0.15) is 9.97 Å². The lowest BCUT2D eigenvalue weighted by atomic mass is 9.81. The van der Waals surface area contributed by atoms with Crippen LogP contribution in [-0.4, -0.2) is 52.9 Å². The van der Waals surface area contributed by atoms with Crippen molar-refractivity contribution in [2.75, 3.05) is 31.4 Å². The molecule has 0 radical (unpaired) electrons. The number of aromatic nitrogens is 2. The Balaban J connectivity index is 1.57. The molecule has 37 heavy (non-hydrogen) atoms. The number of thioether (sulfide) groups is 1. The summed E-state index contributed by atoms with van der Waals surface area (Å²) in [5.74, 6) is -1.15. The van der Waals surface area contributed by atoms with Gasteiger partial charge in [0.2, 0.25) is 0 Å². The number of nitrogens with zero attached hydrogens (tertiary/aromatic N) is 3. The molecule has 7 rings (SSSR count). The SMILES string of the molecule is COc1nc(N2CC3CCC(C)(C2)C(SC)N3)c2cc(F)c(-c3cc(O)cc4ccccc34)c(F)c2n1. The van der Waals surface area contributed by atoms with Crippen molar-refractivity contribution in [3.8, 4) is 22.9 Å². The van der Waals surface area contributed by atoms with Crippen LogP contribution in [0.1, 0.15) is 19.8 Å². The molecule has 0 amide bonds. The third kappa shape index (κ3) is 3.95. The predicted octanol–water partition coefficient (Wildman–Crippen LogP) is 5.71. The second-order valence-corrected chi connectivity index (χ2v) is 11.2. The van der Waals surface area contributed by atoms with E-state index in [-0.39, 0.29) is 45.2 Å². The van der Waals surface area contributed by atoms with Crippen LogP contribution in [0.25, 0.3) is 32.8 Å². The minimum Gasteiger partial charge on any atom is -0.508 e. The predicted molar refractivity (Wildman–Crippen MR) is 144 cm³/mol. The summed E-state index contributed by atoms with van der Waals surface area (Å²) in [6.45, 7) is 3.62. The Labute approximate surface area is 218 Å². The normalized spacial score (nSPS) is 23.5. The zero-order valence-corrected chi connectivity index (χ0v) is 21.7. The van der Waals surface area contributed by atoms with Gasteiger partial charge in [0.25, 0.3) is 0 Å². The van der Waals surface area contributed by atoms with Gasteiger partial charge in [-0.05, 0) is 53.6 Å². The molecule has 3 aliphatic heterocycles. The van der Waals surface area contributed by atoms with Crippen LogP contribution in [0.4, 0.5) is 14.6 Å². The van der Waals surface area contributed by atoms with Crippen LogP contribution in [0.3, 0.4) is 0 Å². The lowest BCUT2D eigenvalue weighted by Crippen LogP contribution is -2.50. The number of piperidine rings is 1. The molecule has 9 heteroatoms. The highest BCUT2D eigenvalue weighted by atomic mass is 32.2. The summed E-state index contributed by atoms with van der Waals surface area (Å²) in [5.41, 5.74) is -0.0203. The number of methoxy groups -OCH3 is 1. The highest BCUT2D eigenvalue weighted by Gasteiger charge is 2.45. The van der Waals surface area contributed by atoms with Crippen molar-refractivity contribution in [1.29, 1.82) is 0 Å². The largest absolute Gasteiger partial charge is 0.508 e. The van der Waals surface area contributed by atoms with Gasteiger partial charge in [-0.15, -0.1) is 11.8 Å². The summed E-state index contributed by atoms with van der Waals surface area (Å²) in [4.78, 5) is 11.0. The second kappa shape index (κ2) is 8.99. The fourth-order valence-corrected chi connectivity index (χ4v) is 7.05. The number of anilines is 1. The lowest BCUT2D eigenvalue weighted by molar-refractivity contribution is 0.218. The molecule has 0 saturated carbocycles. The zero-order valence-electron chi connectivity index (χ0n) is 20.9. The second-order valence-electron chi connectivity index (χ2n) is 10.2. The van der Waals surface area contributed by atoms with E-state index in [0.717, 1.165) is 12.8 Å². The molecule has 3 aliphatic rings. The van der Waals surface area contributed by atoms with Crippen LogP contribution < -0.4 is 15.0 Å².